The van der Waals surface area contributed by atoms with E-state index in [0.29, 0.717) is 11.8 Å². The summed E-state index contributed by atoms with van der Waals surface area (Å²) in [6.45, 7) is 6.44. The Balaban J connectivity index is 1.92. The van der Waals surface area contributed by atoms with Crippen LogP contribution in [0.1, 0.15) is 32.9 Å². The highest BCUT2D eigenvalue weighted by molar-refractivity contribution is 9.10. The van der Waals surface area contributed by atoms with E-state index in [9.17, 15) is 4.79 Å². The molecule has 1 aromatic heterocycles. The Morgan fingerprint density at radius 3 is 2.77 bits per heavy atom. The second-order valence-electron chi connectivity index (χ2n) is 6.31. The van der Waals surface area contributed by atoms with E-state index in [0.717, 1.165) is 22.2 Å². The standard InChI is InChI=1S/C18H20BrNO2/c1-10-8-16-17(12(3)22-18(16)21)15(11(10)2)7-6-14-5-4-13(19)9-20-14/h4-7,9-12,15H,8H2,1-3H3/b7-6+/t10-,11+,12+,15-/m0/s1. The van der Waals surface area contributed by atoms with Gasteiger partial charge in [-0.3, -0.25) is 4.98 Å². The summed E-state index contributed by atoms with van der Waals surface area (Å²) in [4.78, 5) is 16.4. The first-order valence-corrected chi connectivity index (χ1v) is 8.50. The van der Waals surface area contributed by atoms with Gasteiger partial charge in [0.25, 0.3) is 0 Å². The van der Waals surface area contributed by atoms with Crippen LogP contribution in [0.3, 0.4) is 0 Å². The van der Waals surface area contributed by atoms with Gasteiger partial charge in [0, 0.05) is 22.2 Å². The van der Waals surface area contributed by atoms with Gasteiger partial charge in [-0.2, -0.15) is 0 Å². The van der Waals surface area contributed by atoms with Crippen LogP contribution in [-0.4, -0.2) is 17.1 Å². The number of cyclic esters (lactones) is 1. The van der Waals surface area contributed by atoms with Crippen molar-refractivity contribution in [2.24, 2.45) is 17.8 Å². The molecule has 1 aliphatic heterocycles. The number of pyridine rings is 1. The van der Waals surface area contributed by atoms with E-state index in [1.807, 2.05) is 25.1 Å². The van der Waals surface area contributed by atoms with Crippen LogP contribution >= 0.6 is 15.9 Å². The summed E-state index contributed by atoms with van der Waals surface area (Å²) >= 11 is 3.39. The first-order valence-electron chi connectivity index (χ1n) is 7.71. The molecule has 3 nitrogen and oxygen atoms in total. The maximum atomic E-state index is 12.0. The van der Waals surface area contributed by atoms with Crippen molar-refractivity contribution in [2.75, 3.05) is 0 Å². The van der Waals surface area contributed by atoms with Crippen molar-refractivity contribution in [3.63, 3.8) is 0 Å². The van der Waals surface area contributed by atoms with Gasteiger partial charge in [0.15, 0.2) is 0 Å². The Labute approximate surface area is 139 Å². The third-order valence-corrected chi connectivity index (χ3v) is 5.36. The molecule has 0 amide bonds. The molecular formula is C18H20BrNO2. The molecule has 0 fully saturated rings. The predicted octanol–water partition coefficient (Wildman–Crippen LogP) is 4.39. The molecule has 3 rings (SSSR count). The van der Waals surface area contributed by atoms with Crippen LogP contribution in [0.4, 0.5) is 0 Å². The molecule has 0 saturated heterocycles. The highest BCUT2D eigenvalue weighted by Crippen LogP contribution is 2.45. The number of carbonyl (C=O) groups is 1. The summed E-state index contributed by atoms with van der Waals surface area (Å²) in [6.07, 6.45) is 6.75. The van der Waals surface area contributed by atoms with Crippen molar-refractivity contribution in [3.05, 3.63) is 45.7 Å². The van der Waals surface area contributed by atoms with Crippen LogP contribution in [0.25, 0.3) is 6.08 Å². The summed E-state index contributed by atoms with van der Waals surface area (Å²) in [7, 11) is 0. The third-order valence-electron chi connectivity index (χ3n) is 4.89. The minimum absolute atomic E-state index is 0.107. The fourth-order valence-corrected chi connectivity index (χ4v) is 3.68. The summed E-state index contributed by atoms with van der Waals surface area (Å²) in [5.74, 6) is 1.08. The van der Waals surface area contributed by atoms with Crippen LogP contribution in [0, 0.1) is 17.8 Å². The Kier molecular flexibility index (Phi) is 4.22. The zero-order valence-corrected chi connectivity index (χ0v) is 14.6. The second-order valence-corrected chi connectivity index (χ2v) is 7.22. The van der Waals surface area contributed by atoms with Gasteiger partial charge >= 0.3 is 5.97 Å². The van der Waals surface area contributed by atoms with Crippen molar-refractivity contribution in [1.82, 2.24) is 4.98 Å². The van der Waals surface area contributed by atoms with Crippen molar-refractivity contribution < 1.29 is 9.53 Å². The number of ether oxygens (including phenoxy) is 1. The van der Waals surface area contributed by atoms with Crippen molar-refractivity contribution in [1.29, 1.82) is 0 Å². The van der Waals surface area contributed by atoms with Gasteiger partial charge in [-0.15, -0.1) is 0 Å². The maximum absolute atomic E-state index is 12.0. The van der Waals surface area contributed by atoms with Gasteiger partial charge in [0.2, 0.25) is 0 Å². The average Bonchev–Trinajstić information content (AvgIpc) is 2.76. The lowest BCUT2D eigenvalue weighted by molar-refractivity contribution is -0.139. The number of hydrogen-bond acceptors (Lipinski definition) is 3. The van der Waals surface area contributed by atoms with Crippen molar-refractivity contribution in [3.8, 4) is 0 Å². The number of aromatic nitrogens is 1. The normalized spacial score (nSPS) is 31.5. The third kappa shape index (κ3) is 2.76. The van der Waals surface area contributed by atoms with Crippen molar-refractivity contribution >= 4 is 28.0 Å². The molecule has 1 aromatic rings. The summed E-state index contributed by atoms with van der Waals surface area (Å²) in [6, 6.07) is 3.96. The molecule has 4 heteroatoms. The van der Waals surface area contributed by atoms with Gasteiger partial charge in [-0.05, 0) is 64.9 Å². The molecule has 2 aliphatic rings. The Bertz CT molecular complexity index is 648. The van der Waals surface area contributed by atoms with E-state index >= 15 is 0 Å². The molecule has 2 heterocycles. The zero-order valence-electron chi connectivity index (χ0n) is 13.0. The van der Waals surface area contributed by atoms with Crippen molar-refractivity contribution in [2.45, 2.75) is 33.3 Å². The minimum atomic E-state index is -0.124. The fraction of sp³-hybridized carbons (Fsp3) is 0.444. The number of allylic oxidation sites excluding steroid dienone is 1. The van der Waals surface area contributed by atoms with E-state index < -0.39 is 0 Å². The fourth-order valence-electron chi connectivity index (χ4n) is 3.44. The molecule has 0 bridgehead atoms. The molecule has 0 unspecified atom stereocenters. The first kappa shape index (κ1) is 15.5. The van der Waals surface area contributed by atoms with Gasteiger partial charge in [-0.25, -0.2) is 4.79 Å². The molecule has 4 atom stereocenters. The van der Waals surface area contributed by atoms with Crippen LogP contribution in [-0.2, 0) is 9.53 Å². The molecule has 1 aliphatic carbocycles. The smallest absolute Gasteiger partial charge is 0.334 e. The van der Waals surface area contributed by atoms with Crippen LogP contribution < -0.4 is 0 Å². The summed E-state index contributed by atoms with van der Waals surface area (Å²) < 4.78 is 6.40. The van der Waals surface area contributed by atoms with E-state index in [1.54, 1.807) is 6.20 Å². The Morgan fingerprint density at radius 2 is 2.09 bits per heavy atom. The number of carbonyl (C=O) groups excluding carboxylic acids is 1. The molecule has 0 radical (unpaired) electrons. The molecule has 0 spiro atoms. The van der Waals surface area contributed by atoms with Crippen LogP contribution in [0.15, 0.2) is 40.0 Å². The van der Waals surface area contributed by atoms with Crippen LogP contribution in [0.2, 0.25) is 0 Å². The maximum Gasteiger partial charge on any atom is 0.334 e. The summed E-state index contributed by atoms with van der Waals surface area (Å²) in [5.41, 5.74) is 2.99. The van der Waals surface area contributed by atoms with E-state index in [2.05, 4.69) is 40.8 Å². The quantitative estimate of drug-likeness (QED) is 0.733. The number of esters is 1. The number of hydrogen-bond donors (Lipinski definition) is 0. The molecule has 0 saturated carbocycles. The summed E-state index contributed by atoms with van der Waals surface area (Å²) in [5, 5.41) is 0. The SMILES string of the molecule is C[C@H]1[C@H](/C=C/c2ccc(Br)cn2)C2=C(C[C@@H]1C)C(=O)O[C@@H]2C. The first-order chi connectivity index (χ1) is 10.5. The average molecular weight is 362 g/mol. The zero-order chi connectivity index (χ0) is 15.9. The van der Waals surface area contributed by atoms with E-state index in [4.69, 9.17) is 4.74 Å². The van der Waals surface area contributed by atoms with E-state index in [1.165, 1.54) is 5.57 Å². The van der Waals surface area contributed by atoms with Gasteiger partial charge < -0.3 is 4.74 Å². The molecule has 116 valence electrons. The Morgan fingerprint density at radius 1 is 1.32 bits per heavy atom. The van der Waals surface area contributed by atoms with Gasteiger partial charge in [0.1, 0.15) is 6.10 Å². The molecule has 0 N–H and O–H groups in total. The topological polar surface area (TPSA) is 39.2 Å². The molecule has 22 heavy (non-hydrogen) atoms. The largest absolute Gasteiger partial charge is 0.455 e. The Hall–Kier alpha value is -1.42. The highest BCUT2D eigenvalue weighted by Gasteiger charge is 2.42. The highest BCUT2D eigenvalue weighted by atomic mass is 79.9. The molecular weight excluding hydrogens is 342 g/mol. The monoisotopic (exact) mass is 361 g/mol. The number of nitrogens with zero attached hydrogens (tertiary/aromatic N) is 1. The molecule has 0 aromatic carbocycles. The lowest BCUT2D eigenvalue weighted by Gasteiger charge is -2.33. The van der Waals surface area contributed by atoms with Gasteiger partial charge in [0.05, 0.1) is 5.69 Å². The number of rotatable bonds is 2. The lowest BCUT2D eigenvalue weighted by atomic mass is 9.69. The van der Waals surface area contributed by atoms with Gasteiger partial charge in [-0.1, -0.05) is 19.9 Å². The predicted molar refractivity (Wildman–Crippen MR) is 90.0 cm³/mol. The number of halogens is 1. The second kappa shape index (κ2) is 5.99. The minimum Gasteiger partial charge on any atom is -0.455 e. The lowest BCUT2D eigenvalue weighted by Crippen LogP contribution is -2.28. The van der Waals surface area contributed by atoms with Crippen LogP contribution in [0.5, 0.6) is 0 Å². The van der Waals surface area contributed by atoms with E-state index in [-0.39, 0.29) is 18.0 Å².